The molecule has 0 aromatic heterocycles. The maximum Gasteiger partial charge on any atom is 0.261 e. The number of hydrogen-bond donors (Lipinski definition) is 2. The summed E-state index contributed by atoms with van der Waals surface area (Å²) in [7, 11) is 0. The Labute approximate surface area is 119 Å². The van der Waals surface area contributed by atoms with Gasteiger partial charge in [0.2, 0.25) is 0 Å². The minimum atomic E-state index is -0.633. The molecule has 0 aliphatic carbocycles. The predicted octanol–water partition coefficient (Wildman–Crippen LogP) is 2.99. The molecule has 1 rings (SSSR count). The van der Waals surface area contributed by atoms with Gasteiger partial charge in [-0.25, -0.2) is 0 Å². The van der Waals surface area contributed by atoms with E-state index in [1.54, 1.807) is 25.1 Å². The van der Waals surface area contributed by atoms with Crippen LogP contribution in [0.1, 0.15) is 34.1 Å². The molecule has 4 nitrogen and oxygen atoms in total. The van der Waals surface area contributed by atoms with E-state index in [4.69, 9.17) is 22.1 Å². The highest BCUT2D eigenvalue weighted by Gasteiger charge is 2.23. The van der Waals surface area contributed by atoms with Gasteiger partial charge in [0, 0.05) is 16.6 Å². The second kappa shape index (κ2) is 6.15. The summed E-state index contributed by atoms with van der Waals surface area (Å²) in [6.45, 7) is 7.62. The van der Waals surface area contributed by atoms with Crippen LogP contribution in [0, 0.1) is 0 Å². The molecule has 106 valence electrons. The molecule has 0 aliphatic heterocycles. The molecule has 3 N–H and O–H groups in total. The molecule has 1 atom stereocenters. The first-order valence-electron chi connectivity index (χ1n) is 6.29. The van der Waals surface area contributed by atoms with Gasteiger partial charge in [0.25, 0.3) is 5.91 Å². The lowest BCUT2D eigenvalue weighted by molar-refractivity contribution is -0.128. The average Bonchev–Trinajstić information content (AvgIpc) is 2.33. The van der Waals surface area contributed by atoms with E-state index >= 15 is 0 Å². The number of nitrogen functional groups attached to an aromatic ring is 1. The molecular formula is C14H21ClN2O2. The van der Waals surface area contributed by atoms with Gasteiger partial charge >= 0.3 is 0 Å². The molecule has 19 heavy (non-hydrogen) atoms. The Bertz CT molecular complexity index is 461. The molecule has 0 heterocycles. The third kappa shape index (κ3) is 4.63. The molecule has 1 unspecified atom stereocenters. The van der Waals surface area contributed by atoms with Gasteiger partial charge < -0.3 is 15.8 Å². The van der Waals surface area contributed by atoms with E-state index in [9.17, 15) is 4.79 Å². The van der Waals surface area contributed by atoms with Gasteiger partial charge in [-0.2, -0.15) is 0 Å². The number of rotatable bonds is 5. The topological polar surface area (TPSA) is 64.3 Å². The predicted molar refractivity (Wildman–Crippen MR) is 78.5 cm³/mol. The molecule has 1 aromatic carbocycles. The number of carbonyl (C=O) groups is 1. The SMILES string of the molecule is CCC(C)(C)NC(=O)C(C)Oc1cc(Cl)ccc1N. The van der Waals surface area contributed by atoms with E-state index in [0.29, 0.717) is 16.5 Å². The molecule has 0 spiro atoms. The standard InChI is InChI=1S/C14H21ClN2O2/c1-5-14(3,4)17-13(18)9(2)19-12-8-10(15)6-7-11(12)16/h6-9H,5,16H2,1-4H3,(H,17,18). The van der Waals surface area contributed by atoms with E-state index in [-0.39, 0.29) is 11.4 Å². The lowest BCUT2D eigenvalue weighted by Gasteiger charge is -2.26. The first-order chi connectivity index (χ1) is 8.75. The molecule has 0 aliphatic rings. The quantitative estimate of drug-likeness (QED) is 0.817. The van der Waals surface area contributed by atoms with Gasteiger partial charge in [-0.15, -0.1) is 0 Å². The molecule has 1 aromatic rings. The van der Waals surface area contributed by atoms with Crippen molar-refractivity contribution in [1.82, 2.24) is 5.32 Å². The Morgan fingerprint density at radius 1 is 1.53 bits per heavy atom. The highest BCUT2D eigenvalue weighted by molar-refractivity contribution is 6.30. The normalized spacial score (nSPS) is 12.9. The smallest absolute Gasteiger partial charge is 0.261 e. The monoisotopic (exact) mass is 284 g/mol. The third-order valence-electron chi connectivity index (χ3n) is 2.99. The number of hydrogen-bond acceptors (Lipinski definition) is 3. The van der Waals surface area contributed by atoms with Gasteiger partial charge in [-0.3, -0.25) is 4.79 Å². The minimum Gasteiger partial charge on any atom is -0.479 e. The molecule has 0 radical (unpaired) electrons. The highest BCUT2D eigenvalue weighted by atomic mass is 35.5. The average molecular weight is 285 g/mol. The van der Waals surface area contributed by atoms with Crippen molar-refractivity contribution in [3.05, 3.63) is 23.2 Å². The number of halogens is 1. The Morgan fingerprint density at radius 3 is 2.74 bits per heavy atom. The maximum absolute atomic E-state index is 12.0. The van der Waals surface area contributed by atoms with Crippen molar-refractivity contribution in [2.75, 3.05) is 5.73 Å². The zero-order valence-electron chi connectivity index (χ0n) is 11.8. The van der Waals surface area contributed by atoms with Crippen LogP contribution in [0.3, 0.4) is 0 Å². The van der Waals surface area contributed by atoms with Crippen LogP contribution in [0.25, 0.3) is 0 Å². The second-order valence-corrected chi connectivity index (χ2v) is 5.61. The minimum absolute atomic E-state index is 0.175. The Morgan fingerprint density at radius 2 is 2.16 bits per heavy atom. The Kier molecular flexibility index (Phi) is 5.06. The molecule has 0 bridgehead atoms. The van der Waals surface area contributed by atoms with E-state index in [0.717, 1.165) is 6.42 Å². The first-order valence-corrected chi connectivity index (χ1v) is 6.66. The fourth-order valence-corrected chi connectivity index (χ4v) is 1.54. The summed E-state index contributed by atoms with van der Waals surface area (Å²) in [5.74, 6) is 0.246. The molecular weight excluding hydrogens is 264 g/mol. The lowest BCUT2D eigenvalue weighted by atomic mass is 10.0. The van der Waals surface area contributed by atoms with Crippen LogP contribution >= 0.6 is 11.6 Å². The zero-order valence-corrected chi connectivity index (χ0v) is 12.5. The van der Waals surface area contributed by atoms with Crippen LogP contribution in [0.4, 0.5) is 5.69 Å². The highest BCUT2D eigenvalue weighted by Crippen LogP contribution is 2.26. The van der Waals surface area contributed by atoms with E-state index < -0.39 is 6.10 Å². The van der Waals surface area contributed by atoms with Gasteiger partial charge in [0.1, 0.15) is 5.75 Å². The summed E-state index contributed by atoms with van der Waals surface area (Å²) in [5.41, 5.74) is 5.98. The fraction of sp³-hybridized carbons (Fsp3) is 0.500. The summed E-state index contributed by atoms with van der Waals surface area (Å²) in [6.07, 6.45) is 0.205. The molecule has 5 heteroatoms. The van der Waals surface area contributed by atoms with Gasteiger partial charge in [0.15, 0.2) is 6.10 Å². The summed E-state index contributed by atoms with van der Waals surface area (Å²) < 4.78 is 5.56. The lowest BCUT2D eigenvalue weighted by Crippen LogP contribution is -2.48. The number of nitrogens with one attached hydrogen (secondary N) is 1. The van der Waals surface area contributed by atoms with E-state index in [2.05, 4.69) is 5.32 Å². The Hall–Kier alpha value is -1.42. The van der Waals surface area contributed by atoms with Crippen LogP contribution in [-0.2, 0) is 4.79 Å². The van der Waals surface area contributed by atoms with Gasteiger partial charge in [0.05, 0.1) is 5.69 Å². The molecule has 0 saturated carbocycles. The third-order valence-corrected chi connectivity index (χ3v) is 3.23. The van der Waals surface area contributed by atoms with Crippen molar-refractivity contribution >= 4 is 23.2 Å². The number of benzene rings is 1. The Balaban J connectivity index is 2.71. The number of amides is 1. The number of anilines is 1. The summed E-state index contributed by atoms with van der Waals surface area (Å²) in [6, 6.07) is 4.93. The van der Waals surface area contributed by atoms with Crippen molar-refractivity contribution in [3.8, 4) is 5.75 Å². The van der Waals surface area contributed by atoms with Crippen molar-refractivity contribution in [2.45, 2.75) is 45.8 Å². The summed E-state index contributed by atoms with van der Waals surface area (Å²) >= 11 is 5.87. The van der Waals surface area contributed by atoms with Crippen LogP contribution < -0.4 is 15.8 Å². The fourth-order valence-electron chi connectivity index (χ4n) is 1.38. The van der Waals surface area contributed by atoms with Crippen molar-refractivity contribution < 1.29 is 9.53 Å². The van der Waals surface area contributed by atoms with Crippen LogP contribution in [0.5, 0.6) is 5.75 Å². The molecule has 1 amide bonds. The van der Waals surface area contributed by atoms with Gasteiger partial charge in [-0.1, -0.05) is 18.5 Å². The largest absolute Gasteiger partial charge is 0.479 e. The number of ether oxygens (including phenoxy) is 1. The summed E-state index contributed by atoms with van der Waals surface area (Å²) in [4.78, 5) is 12.0. The van der Waals surface area contributed by atoms with Crippen LogP contribution in [0.2, 0.25) is 5.02 Å². The zero-order chi connectivity index (χ0) is 14.6. The number of carbonyl (C=O) groups excluding carboxylic acids is 1. The van der Waals surface area contributed by atoms with Crippen molar-refractivity contribution in [1.29, 1.82) is 0 Å². The second-order valence-electron chi connectivity index (χ2n) is 5.17. The van der Waals surface area contributed by atoms with Crippen molar-refractivity contribution in [2.24, 2.45) is 0 Å². The first kappa shape index (κ1) is 15.6. The van der Waals surface area contributed by atoms with E-state index in [1.807, 2.05) is 20.8 Å². The van der Waals surface area contributed by atoms with E-state index in [1.165, 1.54) is 0 Å². The van der Waals surface area contributed by atoms with Gasteiger partial charge in [-0.05, 0) is 39.3 Å². The molecule has 0 saturated heterocycles. The summed E-state index contributed by atoms with van der Waals surface area (Å²) in [5, 5.41) is 3.44. The number of nitrogens with two attached hydrogens (primary N) is 1. The maximum atomic E-state index is 12.0. The van der Waals surface area contributed by atoms with Crippen molar-refractivity contribution in [3.63, 3.8) is 0 Å². The van der Waals surface area contributed by atoms with Crippen LogP contribution in [-0.4, -0.2) is 17.6 Å². The van der Waals surface area contributed by atoms with Crippen LogP contribution in [0.15, 0.2) is 18.2 Å². The molecule has 0 fully saturated rings.